The molecule has 0 N–H and O–H groups in total. The molecule has 3 rings (SSSR count). The second kappa shape index (κ2) is 5.26. The molecule has 2 aromatic carbocycles. The fraction of sp³-hybridized carbons (Fsp3) is 0.143. The zero-order valence-corrected chi connectivity index (χ0v) is 13.2. The monoisotopic (exact) mass is 392 g/mol. The summed E-state index contributed by atoms with van der Waals surface area (Å²) in [5, 5.41) is 7.27. The molecule has 3 nitrogen and oxygen atoms in total. The van der Waals surface area contributed by atoms with Gasteiger partial charge in [-0.05, 0) is 51.2 Å². The standard InChI is InChI=1S/C14H6BrF5N2O/c1-3-5(7(15)4(2)14-13(3)21-23-22-14)6-8(16)10(18)12(20)11(19)9(6)17/h1-2H3. The first-order valence-corrected chi connectivity index (χ1v) is 6.99. The molecule has 0 saturated heterocycles. The highest BCUT2D eigenvalue weighted by Gasteiger charge is 2.30. The van der Waals surface area contributed by atoms with E-state index in [0.717, 1.165) is 0 Å². The van der Waals surface area contributed by atoms with Crippen LogP contribution >= 0.6 is 15.9 Å². The summed E-state index contributed by atoms with van der Waals surface area (Å²) in [6.07, 6.45) is 0. The van der Waals surface area contributed by atoms with E-state index >= 15 is 0 Å². The van der Waals surface area contributed by atoms with E-state index in [1.807, 2.05) is 0 Å². The van der Waals surface area contributed by atoms with Gasteiger partial charge in [-0.25, -0.2) is 26.6 Å². The lowest BCUT2D eigenvalue weighted by molar-refractivity contribution is 0.315. The van der Waals surface area contributed by atoms with Crippen LogP contribution in [-0.2, 0) is 0 Å². The number of aryl methyl sites for hydroxylation is 2. The highest BCUT2D eigenvalue weighted by molar-refractivity contribution is 9.10. The molecule has 1 aromatic heterocycles. The van der Waals surface area contributed by atoms with Crippen molar-refractivity contribution in [3.05, 3.63) is 44.7 Å². The van der Waals surface area contributed by atoms with Crippen LogP contribution < -0.4 is 0 Å². The number of benzene rings is 2. The van der Waals surface area contributed by atoms with Gasteiger partial charge in [-0.2, -0.15) is 0 Å². The Labute approximate surface area is 134 Å². The molecule has 0 amide bonds. The van der Waals surface area contributed by atoms with Crippen molar-refractivity contribution < 1.29 is 26.6 Å². The van der Waals surface area contributed by atoms with Gasteiger partial charge in [-0.15, -0.1) is 0 Å². The van der Waals surface area contributed by atoms with E-state index in [4.69, 9.17) is 0 Å². The third-order valence-electron chi connectivity index (χ3n) is 3.58. The van der Waals surface area contributed by atoms with Gasteiger partial charge in [0.25, 0.3) is 0 Å². The fourth-order valence-electron chi connectivity index (χ4n) is 2.38. The molecule has 0 saturated carbocycles. The summed E-state index contributed by atoms with van der Waals surface area (Å²) in [7, 11) is 0. The molecule has 0 bridgehead atoms. The van der Waals surface area contributed by atoms with Gasteiger partial charge in [0.15, 0.2) is 23.3 Å². The van der Waals surface area contributed by atoms with Crippen LogP contribution in [0.1, 0.15) is 11.1 Å². The fourth-order valence-corrected chi connectivity index (χ4v) is 3.06. The summed E-state index contributed by atoms with van der Waals surface area (Å²) in [5.74, 6) is -10.1. The Balaban J connectivity index is 2.53. The molecule has 1 heterocycles. The summed E-state index contributed by atoms with van der Waals surface area (Å²) >= 11 is 3.13. The molecular formula is C14H6BrF5N2O. The molecule has 23 heavy (non-hydrogen) atoms. The normalized spacial score (nSPS) is 11.5. The van der Waals surface area contributed by atoms with E-state index in [-0.39, 0.29) is 21.1 Å². The second-order valence-electron chi connectivity index (χ2n) is 4.85. The van der Waals surface area contributed by atoms with Crippen molar-refractivity contribution in [2.75, 3.05) is 0 Å². The van der Waals surface area contributed by atoms with Gasteiger partial charge in [0.1, 0.15) is 11.0 Å². The van der Waals surface area contributed by atoms with Crippen molar-refractivity contribution in [3.63, 3.8) is 0 Å². The predicted molar refractivity (Wildman–Crippen MR) is 74.2 cm³/mol. The van der Waals surface area contributed by atoms with Gasteiger partial charge in [-0.1, -0.05) is 0 Å². The average molecular weight is 393 g/mol. The molecule has 0 aliphatic carbocycles. The lowest BCUT2D eigenvalue weighted by Gasteiger charge is -2.14. The minimum atomic E-state index is -2.21. The lowest BCUT2D eigenvalue weighted by atomic mass is 9.95. The molecule has 0 fully saturated rings. The van der Waals surface area contributed by atoms with Gasteiger partial charge in [0.2, 0.25) is 5.82 Å². The maximum Gasteiger partial charge on any atom is 0.200 e. The molecule has 0 aliphatic heterocycles. The van der Waals surface area contributed by atoms with Crippen LogP contribution in [0.15, 0.2) is 9.10 Å². The van der Waals surface area contributed by atoms with Crippen molar-refractivity contribution >= 4 is 27.0 Å². The van der Waals surface area contributed by atoms with Crippen LogP contribution in [0, 0.1) is 42.9 Å². The molecule has 0 aliphatic rings. The van der Waals surface area contributed by atoms with Crippen LogP contribution in [0.4, 0.5) is 22.0 Å². The Morgan fingerprint density at radius 1 is 0.696 bits per heavy atom. The van der Waals surface area contributed by atoms with Crippen LogP contribution in [0.5, 0.6) is 0 Å². The number of halogens is 6. The van der Waals surface area contributed by atoms with Crippen molar-refractivity contribution in [1.82, 2.24) is 10.3 Å². The third kappa shape index (κ3) is 2.06. The summed E-state index contributed by atoms with van der Waals surface area (Å²) in [6, 6.07) is 0. The zero-order valence-electron chi connectivity index (χ0n) is 11.6. The molecule has 0 radical (unpaired) electrons. The maximum absolute atomic E-state index is 14.1. The SMILES string of the molecule is Cc1c(Br)c(-c2c(F)c(F)c(F)c(F)c2F)c(C)c2nonc12. The Morgan fingerprint density at radius 2 is 1.13 bits per heavy atom. The number of rotatable bonds is 1. The molecule has 120 valence electrons. The lowest BCUT2D eigenvalue weighted by Crippen LogP contribution is -2.06. The molecule has 0 unspecified atom stereocenters. The Hall–Kier alpha value is -2.03. The number of aromatic nitrogens is 2. The summed E-state index contributed by atoms with van der Waals surface area (Å²) in [4.78, 5) is 0. The maximum atomic E-state index is 14.1. The van der Waals surface area contributed by atoms with E-state index in [2.05, 4.69) is 30.9 Å². The smallest absolute Gasteiger partial charge is 0.200 e. The van der Waals surface area contributed by atoms with E-state index in [9.17, 15) is 22.0 Å². The number of nitrogens with zero attached hydrogens (tertiary/aromatic N) is 2. The van der Waals surface area contributed by atoms with E-state index in [1.54, 1.807) is 6.92 Å². The first-order chi connectivity index (χ1) is 10.8. The number of fused-ring (bicyclic) bond motifs is 1. The number of hydrogen-bond donors (Lipinski definition) is 0. The minimum absolute atomic E-state index is 0.140. The Morgan fingerprint density at radius 3 is 1.65 bits per heavy atom. The highest BCUT2D eigenvalue weighted by Crippen LogP contribution is 2.42. The van der Waals surface area contributed by atoms with Crippen LogP contribution in [0.25, 0.3) is 22.2 Å². The zero-order chi connectivity index (χ0) is 17.0. The van der Waals surface area contributed by atoms with Crippen LogP contribution in [-0.4, -0.2) is 10.3 Å². The average Bonchev–Trinajstić information content (AvgIpc) is 3.02. The van der Waals surface area contributed by atoms with Gasteiger partial charge in [0, 0.05) is 10.0 Å². The van der Waals surface area contributed by atoms with E-state index in [0.29, 0.717) is 11.1 Å². The first-order valence-electron chi connectivity index (χ1n) is 6.20. The van der Waals surface area contributed by atoms with Gasteiger partial charge < -0.3 is 0 Å². The predicted octanol–water partition coefficient (Wildman–Crippen LogP) is 4.96. The molecule has 0 spiro atoms. The molecule has 0 atom stereocenters. The minimum Gasteiger partial charge on any atom is -0.243 e. The van der Waals surface area contributed by atoms with E-state index in [1.165, 1.54) is 6.92 Å². The molecular weight excluding hydrogens is 387 g/mol. The van der Waals surface area contributed by atoms with Gasteiger partial charge in [-0.3, -0.25) is 0 Å². The molecule has 9 heteroatoms. The largest absolute Gasteiger partial charge is 0.243 e. The van der Waals surface area contributed by atoms with Crippen molar-refractivity contribution in [2.45, 2.75) is 13.8 Å². The summed E-state index contributed by atoms with van der Waals surface area (Å²) < 4.78 is 73.1. The highest BCUT2D eigenvalue weighted by atomic mass is 79.9. The van der Waals surface area contributed by atoms with Crippen LogP contribution in [0.3, 0.4) is 0 Å². The van der Waals surface area contributed by atoms with Crippen molar-refractivity contribution in [1.29, 1.82) is 0 Å². The van der Waals surface area contributed by atoms with Crippen molar-refractivity contribution in [2.24, 2.45) is 0 Å². The number of hydrogen-bond acceptors (Lipinski definition) is 3. The summed E-state index contributed by atoms with van der Waals surface area (Å²) in [5.41, 5.74) is -0.170. The van der Waals surface area contributed by atoms with E-state index < -0.39 is 34.6 Å². The van der Waals surface area contributed by atoms with Crippen LogP contribution in [0.2, 0.25) is 0 Å². The van der Waals surface area contributed by atoms with Gasteiger partial charge in [0.05, 0.1) is 5.56 Å². The second-order valence-corrected chi connectivity index (χ2v) is 5.64. The Kier molecular flexibility index (Phi) is 3.62. The van der Waals surface area contributed by atoms with Gasteiger partial charge >= 0.3 is 0 Å². The first kappa shape index (κ1) is 15.9. The topological polar surface area (TPSA) is 38.9 Å². The quantitative estimate of drug-likeness (QED) is 0.333. The van der Waals surface area contributed by atoms with Crippen molar-refractivity contribution in [3.8, 4) is 11.1 Å². The molecule has 3 aromatic rings. The Bertz CT molecular complexity index is 941. The summed E-state index contributed by atoms with van der Waals surface area (Å²) in [6.45, 7) is 2.97. The third-order valence-corrected chi connectivity index (χ3v) is 4.57.